The maximum Gasteiger partial charge on any atom is 0.416 e. The van der Waals surface area contributed by atoms with E-state index in [0.29, 0.717) is 42.5 Å². The summed E-state index contributed by atoms with van der Waals surface area (Å²) in [5.74, 6) is 1.97. The number of hydrogen-bond donors (Lipinski definition) is 2. The Morgan fingerprint density at radius 2 is 1.28 bits per heavy atom. The number of anilines is 2. The molecule has 2 N–H and O–H groups in total. The van der Waals surface area contributed by atoms with Crippen molar-refractivity contribution in [3.05, 3.63) is 107 Å². The molecule has 0 radical (unpaired) electrons. The van der Waals surface area contributed by atoms with Gasteiger partial charge in [-0.3, -0.25) is 0 Å². The standard InChI is InChI=1S/C30H28F4N2O3/c1-37-28-17-26(39-25-13-11-24(12-14-25)36-23-9-7-22(31)8-10-23)18-29(38-2)27(28)19-35-16-15-20-3-5-21(6-4-20)30(32,33)34/h3-14,17-18,35-36H,15-16,19H2,1-2H3. The van der Waals surface area contributed by atoms with Crippen LogP contribution in [0.15, 0.2) is 84.9 Å². The fourth-order valence-electron chi connectivity index (χ4n) is 3.94. The topological polar surface area (TPSA) is 51.8 Å². The Balaban J connectivity index is 1.36. The van der Waals surface area contributed by atoms with Crippen LogP contribution >= 0.6 is 0 Å². The van der Waals surface area contributed by atoms with Crippen molar-refractivity contribution in [1.82, 2.24) is 5.32 Å². The van der Waals surface area contributed by atoms with Crippen LogP contribution < -0.4 is 24.8 Å². The first kappa shape index (κ1) is 27.8. The third-order valence-corrected chi connectivity index (χ3v) is 5.98. The molecule has 0 aliphatic heterocycles. The second kappa shape index (κ2) is 12.5. The number of methoxy groups -OCH3 is 2. The van der Waals surface area contributed by atoms with E-state index in [0.717, 1.165) is 34.6 Å². The Morgan fingerprint density at radius 3 is 1.82 bits per heavy atom. The first-order valence-electron chi connectivity index (χ1n) is 12.2. The van der Waals surface area contributed by atoms with Gasteiger partial charge in [0.15, 0.2) is 0 Å². The van der Waals surface area contributed by atoms with E-state index in [1.165, 1.54) is 24.3 Å². The molecule has 0 unspecified atom stereocenters. The molecular weight excluding hydrogens is 512 g/mol. The molecule has 9 heteroatoms. The first-order valence-corrected chi connectivity index (χ1v) is 12.2. The van der Waals surface area contributed by atoms with Gasteiger partial charge in [-0.1, -0.05) is 12.1 Å². The van der Waals surface area contributed by atoms with Gasteiger partial charge in [-0.05, 0) is 79.2 Å². The Hall–Kier alpha value is -4.24. The second-order valence-electron chi connectivity index (χ2n) is 8.69. The average Bonchev–Trinajstić information content (AvgIpc) is 2.93. The van der Waals surface area contributed by atoms with Crippen LogP contribution in [0.5, 0.6) is 23.0 Å². The van der Waals surface area contributed by atoms with Gasteiger partial charge in [0.05, 0.1) is 25.3 Å². The number of ether oxygens (including phenoxy) is 3. The van der Waals surface area contributed by atoms with Gasteiger partial charge in [-0.25, -0.2) is 4.39 Å². The minimum atomic E-state index is -4.34. The number of benzene rings is 4. The highest BCUT2D eigenvalue weighted by molar-refractivity contribution is 5.60. The van der Waals surface area contributed by atoms with Gasteiger partial charge in [-0.2, -0.15) is 13.2 Å². The van der Waals surface area contributed by atoms with Crippen LogP contribution in [0.2, 0.25) is 0 Å². The summed E-state index contributed by atoms with van der Waals surface area (Å²) in [5.41, 5.74) is 2.52. The molecule has 0 atom stereocenters. The summed E-state index contributed by atoms with van der Waals surface area (Å²) >= 11 is 0. The lowest BCUT2D eigenvalue weighted by atomic mass is 10.1. The highest BCUT2D eigenvalue weighted by atomic mass is 19.4. The molecule has 0 saturated heterocycles. The fraction of sp³-hybridized carbons (Fsp3) is 0.200. The van der Waals surface area contributed by atoms with Gasteiger partial charge in [0.1, 0.15) is 28.8 Å². The second-order valence-corrected chi connectivity index (χ2v) is 8.69. The fourth-order valence-corrected chi connectivity index (χ4v) is 3.94. The first-order chi connectivity index (χ1) is 18.7. The molecule has 0 aliphatic carbocycles. The summed E-state index contributed by atoms with van der Waals surface area (Å²) in [6.07, 6.45) is -3.78. The van der Waals surface area contributed by atoms with Crippen LogP contribution in [0.4, 0.5) is 28.9 Å². The maximum absolute atomic E-state index is 13.1. The van der Waals surface area contributed by atoms with Crippen molar-refractivity contribution in [3.8, 4) is 23.0 Å². The van der Waals surface area contributed by atoms with E-state index in [2.05, 4.69) is 10.6 Å². The van der Waals surface area contributed by atoms with E-state index in [9.17, 15) is 17.6 Å². The van der Waals surface area contributed by atoms with E-state index in [-0.39, 0.29) is 5.82 Å². The van der Waals surface area contributed by atoms with Crippen molar-refractivity contribution >= 4 is 11.4 Å². The lowest BCUT2D eigenvalue weighted by molar-refractivity contribution is -0.137. The largest absolute Gasteiger partial charge is 0.496 e. The Kier molecular flexibility index (Phi) is 8.93. The zero-order chi connectivity index (χ0) is 27.8. The Morgan fingerprint density at radius 1 is 0.718 bits per heavy atom. The van der Waals surface area contributed by atoms with E-state index in [1.807, 2.05) is 24.3 Å². The summed E-state index contributed by atoms with van der Waals surface area (Å²) in [4.78, 5) is 0. The van der Waals surface area contributed by atoms with Crippen LogP contribution in [0.3, 0.4) is 0 Å². The molecule has 0 saturated carbocycles. The van der Waals surface area contributed by atoms with E-state index in [4.69, 9.17) is 14.2 Å². The molecular formula is C30H28F4N2O3. The van der Waals surface area contributed by atoms with Gasteiger partial charge in [-0.15, -0.1) is 0 Å². The third-order valence-electron chi connectivity index (χ3n) is 5.98. The molecule has 0 heterocycles. The van der Waals surface area contributed by atoms with Gasteiger partial charge in [0.2, 0.25) is 0 Å². The molecule has 4 aromatic carbocycles. The predicted molar refractivity (Wildman–Crippen MR) is 143 cm³/mol. The van der Waals surface area contributed by atoms with Crippen LogP contribution in [0.25, 0.3) is 0 Å². The van der Waals surface area contributed by atoms with Crippen LogP contribution in [-0.4, -0.2) is 20.8 Å². The van der Waals surface area contributed by atoms with Crippen molar-refractivity contribution in [1.29, 1.82) is 0 Å². The lowest BCUT2D eigenvalue weighted by Gasteiger charge is -2.17. The zero-order valence-corrected chi connectivity index (χ0v) is 21.4. The van der Waals surface area contributed by atoms with E-state index >= 15 is 0 Å². The average molecular weight is 541 g/mol. The highest BCUT2D eigenvalue weighted by Gasteiger charge is 2.29. The molecule has 0 amide bonds. The molecule has 5 nitrogen and oxygen atoms in total. The lowest BCUT2D eigenvalue weighted by Crippen LogP contribution is -2.18. The van der Waals surface area contributed by atoms with Crippen molar-refractivity contribution in [2.24, 2.45) is 0 Å². The minimum Gasteiger partial charge on any atom is -0.496 e. The van der Waals surface area contributed by atoms with E-state index < -0.39 is 11.7 Å². The molecule has 39 heavy (non-hydrogen) atoms. The van der Waals surface area contributed by atoms with Gasteiger partial charge >= 0.3 is 6.18 Å². The van der Waals surface area contributed by atoms with Gasteiger partial charge in [0.25, 0.3) is 0 Å². The molecule has 0 fully saturated rings. The number of hydrogen-bond acceptors (Lipinski definition) is 5. The highest BCUT2D eigenvalue weighted by Crippen LogP contribution is 2.36. The molecule has 0 aromatic heterocycles. The SMILES string of the molecule is COc1cc(Oc2ccc(Nc3ccc(F)cc3)cc2)cc(OC)c1CNCCc1ccc(C(F)(F)F)cc1. The number of nitrogens with one attached hydrogen (secondary N) is 2. The van der Waals surface area contributed by atoms with Gasteiger partial charge in [0, 0.05) is 30.1 Å². The third kappa shape index (κ3) is 7.64. The zero-order valence-electron chi connectivity index (χ0n) is 21.4. The normalized spacial score (nSPS) is 11.2. The summed E-state index contributed by atoms with van der Waals surface area (Å²) < 4.78 is 68.5. The quantitative estimate of drug-likeness (QED) is 0.151. The van der Waals surface area contributed by atoms with E-state index in [1.54, 1.807) is 38.5 Å². The molecule has 0 spiro atoms. The number of rotatable bonds is 11. The summed E-state index contributed by atoms with van der Waals surface area (Å²) in [6, 6.07) is 22.1. The van der Waals surface area contributed by atoms with Crippen molar-refractivity contribution in [3.63, 3.8) is 0 Å². The monoisotopic (exact) mass is 540 g/mol. The number of halogens is 4. The van der Waals surface area contributed by atoms with Crippen molar-refractivity contribution < 1.29 is 31.8 Å². The molecule has 0 aliphatic rings. The number of alkyl halides is 3. The van der Waals surface area contributed by atoms with Crippen LogP contribution in [0, 0.1) is 5.82 Å². The van der Waals surface area contributed by atoms with Crippen LogP contribution in [-0.2, 0) is 19.1 Å². The summed E-state index contributed by atoms with van der Waals surface area (Å²) in [5, 5.41) is 6.49. The van der Waals surface area contributed by atoms with Crippen molar-refractivity contribution in [2.75, 3.05) is 26.1 Å². The van der Waals surface area contributed by atoms with Crippen molar-refractivity contribution in [2.45, 2.75) is 19.1 Å². The Labute approximate surface area is 224 Å². The minimum absolute atomic E-state index is 0.296. The van der Waals surface area contributed by atoms with Gasteiger partial charge < -0.3 is 24.8 Å². The Bertz CT molecular complexity index is 1330. The predicted octanol–water partition coefficient (Wildman–Crippen LogP) is 7.73. The maximum atomic E-state index is 13.1. The van der Waals surface area contributed by atoms with Crippen LogP contribution in [0.1, 0.15) is 16.7 Å². The molecule has 4 rings (SSSR count). The summed E-state index contributed by atoms with van der Waals surface area (Å²) in [6.45, 7) is 0.977. The molecule has 204 valence electrons. The molecule has 4 aromatic rings. The smallest absolute Gasteiger partial charge is 0.416 e. The summed E-state index contributed by atoms with van der Waals surface area (Å²) in [7, 11) is 3.11. The molecule has 0 bridgehead atoms.